The lowest BCUT2D eigenvalue weighted by Crippen LogP contribution is -2.28. The van der Waals surface area contributed by atoms with Crippen molar-refractivity contribution in [2.75, 3.05) is 37.8 Å². The van der Waals surface area contributed by atoms with E-state index in [2.05, 4.69) is 16.3 Å². The molecule has 44 heavy (non-hydrogen) atoms. The predicted octanol–water partition coefficient (Wildman–Crippen LogP) is 5.36. The third-order valence-corrected chi connectivity index (χ3v) is 7.35. The van der Waals surface area contributed by atoms with Gasteiger partial charge in [0.2, 0.25) is 0 Å². The first kappa shape index (κ1) is 28.3. The van der Waals surface area contributed by atoms with Crippen molar-refractivity contribution in [2.45, 2.75) is 0 Å². The van der Waals surface area contributed by atoms with Crippen molar-refractivity contribution in [3.05, 3.63) is 95.7 Å². The number of nitrogens with two attached hydrogens (primary N) is 2. The van der Waals surface area contributed by atoms with E-state index in [4.69, 9.17) is 16.0 Å². The zero-order chi connectivity index (χ0) is 31.1. The molecule has 2 aromatic heterocycles. The lowest BCUT2D eigenvalue weighted by atomic mass is 10.0. The molecular weight excluding hydrogens is 566 g/mol. The van der Waals surface area contributed by atoms with E-state index in [-0.39, 0.29) is 33.5 Å². The molecule has 10 nitrogen and oxygen atoms in total. The smallest absolute Gasteiger partial charge is 0.269 e. The number of carbonyl (C=O) groups excluding carboxylic acids is 1. The van der Waals surface area contributed by atoms with Crippen LogP contribution in [0, 0.1) is 23.0 Å². The molecule has 0 unspecified atom stereocenters. The minimum absolute atomic E-state index is 0.0126. The van der Waals surface area contributed by atoms with Gasteiger partial charge in [0.1, 0.15) is 11.3 Å². The third kappa shape index (κ3) is 4.95. The highest BCUT2D eigenvalue weighted by atomic mass is 19.1. The van der Waals surface area contributed by atoms with E-state index in [0.717, 1.165) is 5.69 Å². The summed E-state index contributed by atoms with van der Waals surface area (Å²) in [5.74, 6) is -2.17. The lowest BCUT2D eigenvalue weighted by Gasteiger charge is -2.27. The van der Waals surface area contributed by atoms with Gasteiger partial charge < -0.3 is 25.8 Å². The summed E-state index contributed by atoms with van der Waals surface area (Å²) in [4.78, 5) is 16.1. The average Bonchev–Trinajstić information content (AvgIpc) is 3.59. The van der Waals surface area contributed by atoms with E-state index >= 15 is 8.78 Å². The van der Waals surface area contributed by atoms with Gasteiger partial charge in [0.15, 0.2) is 22.9 Å². The first-order valence-electron chi connectivity index (χ1n) is 13.5. The van der Waals surface area contributed by atoms with Gasteiger partial charge in [0.25, 0.3) is 5.91 Å². The van der Waals surface area contributed by atoms with Crippen LogP contribution in [0.25, 0.3) is 38.7 Å². The third-order valence-electron chi connectivity index (χ3n) is 7.35. The fraction of sp³-hybridized carbons (Fsp3) is 0.125. The zero-order valence-corrected chi connectivity index (χ0v) is 23.8. The first-order valence-corrected chi connectivity index (χ1v) is 13.5. The molecule has 6 aromatic rings. The summed E-state index contributed by atoms with van der Waals surface area (Å²) in [6, 6.07) is 21.4. The zero-order valence-electron chi connectivity index (χ0n) is 23.8. The van der Waals surface area contributed by atoms with Gasteiger partial charge in [-0.25, -0.2) is 13.5 Å². The van der Waals surface area contributed by atoms with E-state index < -0.39 is 17.5 Å². The largest absolute Gasteiger partial charge is 0.380 e. The van der Waals surface area contributed by atoms with Gasteiger partial charge >= 0.3 is 0 Å². The molecule has 0 aliphatic rings. The second-order valence-corrected chi connectivity index (χ2v) is 10.5. The van der Waals surface area contributed by atoms with Crippen LogP contribution in [0.15, 0.2) is 77.3 Å². The molecule has 220 valence electrons. The Labute approximate surface area is 250 Å². The van der Waals surface area contributed by atoms with Crippen LogP contribution in [-0.4, -0.2) is 52.9 Å². The number of primary amides is 1. The summed E-state index contributed by atoms with van der Waals surface area (Å²) in [6.07, 6.45) is 0. The van der Waals surface area contributed by atoms with Gasteiger partial charge in [-0.15, -0.1) is 0 Å². The summed E-state index contributed by atoms with van der Waals surface area (Å²) in [6.45, 7) is 1.17. The maximum atomic E-state index is 16.4. The van der Waals surface area contributed by atoms with Crippen molar-refractivity contribution < 1.29 is 18.1 Å². The first-order chi connectivity index (χ1) is 21.2. The molecule has 0 fully saturated rings. The Morgan fingerprint density at radius 2 is 1.75 bits per heavy atom. The molecule has 0 bridgehead atoms. The average molecular weight is 593 g/mol. The summed E-state index contributed by atoms with van der Waals surface area (Å²) < 4.78 is 38.7. The number of amides is 1. The van der Waals surface area contributed by atoms with Crippen LogP contribution >= 0.6 is 0 Å². The molecule has 1 amide bonds. The summed E-state index contributed by atoms with van der Waals surface area (Å²) in [5, 5.41) is 18.1. The minimum atomic E-state index is -0.847. The van der Waals surface area contributed by atoms with Gasteiger partial charge in [-0.1, -0.05) is 17.3 Å². The number of halogens is 2. The normalized spacial score (nSPS) is 11.4. The van der Waals surface area contributed by atoms with Crippen molar-refractivity contribution >= 4 is 45.0 Å². The van der Waals surface area contributed by atoms with Crippen molar-refractivity contribution in [1.29, 1.82) is 5.26 Å². The molecule has 4 aromatic carbocycles. The van der Waals surface area contributed by atoms with Gasteiger partial charge in [-0.3, -0.25) is 4.79 Å². The Morgan fingerprint density at radius 1 is 0.977 bits per heavy atom. The molecule has 0 aliphatic heterocycles. The fourth-order valence-corrected chi connectivity index (χ4v) is 5.16. The highest BCUT2D eigenvalue weighted by molar-refractivity contribution is 6.05. The molecule has 0 saturated carbocycles. The van der Waals surface area contributed by atoms with Crippen LogP contribution in [0.4, 0.5) is 26.0 Å². The molecule has 12 heteroatoms. The highest BCUT2D eigenvalue weighted by Crippen LogP contribution is 2.36. The quantitative estimate of drug-likeness (QED) is 0.240. The van der Waals surface area contributed by atoms with Crippen LogP contribution in [0.5, 0.6) is 0 Å². The number of likely N-dealkylation sites (N-methyl/N-ethyl adjacent to an activating group) is 1. The number of nitrogen functional groups attached to an aromatic ring is 1. The number of rotatable bonds is 8. The molecule has 0 spiro atoms. The van der Waals surface area contributed by atoms with Crippen LogP contribution in [-0.2, 0) is 0 Å². The van der Waals surface area contributed by atoms with E-state index in [1.54, 1.807) is 42.5 Å². The fourth-order valence-electron chi connectivity index (χ4n) is 5.16. The van der Waals surface area contributed by atoms with E-state index in [1.165, 1.54) is 28.9 Å². The van der Waals surface area contributed by atoms with E-state index in [9.17, 15) is 10.1 Å². The number of nitriles is 1. The molecule has 0 atom stereocenters. The van der Waals surface area contributed by atoms with Gasteiger partial charge in [-0.05, 0) is 74.8 Å². The van der Waals surface area contributed by atoms with Crippen molar-refractivity contribution in [1.82, 2.24) is 19.8 Å². The Morgan fingerprint density at radius 3 is 2.48 bits per heavy atom. The topological polar surface area (TPSA) is 143 Å². The summed E-state index contributed by atoms with van der Waals surface area (Å²) in [7, 11) is 3.86. The van der Waals surface area contributed by atoms with Gasteiger partial charge in [0, 0.05) is 41.0 Å². The minimum Gasteiger partial charge on any atom is -0.380 e. The van der Waals surface area contributed by atoms with Crippen LogP contribution in [0.3, 0.4) is 0 Å². The number of benzene rings is 4. The lowest BCUT2D eigenvalue weighted by molar-refractivity contribution is 0.0996. The summed E-state index contributed by atoms with van der Waals surface area (Å²) >= 11 is 0. The molecule has 4 N–H and O–H groups in total. The Hall–Kier alpha value is -5.80. The Kier molecular flexibility index (Phi) is 7.16. The number of carbonyl (C=O) groups is 1. The Bertz CT molecular complexity index is 2110. The number of hydrogen-bond acceptors (Lipinski definition) is 8. The number of fused-ring (bicyclic) bond motifs is 2. The number of hydrogen-bond donors (Lipinski definition) is 2. The van der Waals surface area contributed by atoms with Crippen molar-refractivity contribution in [2.24, 2.45) is 5.73 Å². The second kappa shape index (κ2) is 11.1. The number of aromatic nitrogens is 3. The molecule has 0 saturated heterocycles. The molecule has 2 heterocycles. The number of nitrogens with zero attached hydrogens (tertiary/aromatic N) is 6. The molecule has 6 rings (SSSR count). The molecule has 0 radical (unpaired) electrons. The standard InChI is InChI=1S/C32H26F2N8O2/c1-40(2)12-13-41(19-5-3-4-18(14-19)17-35)20-6-8-22(26(33)16-20)23-9-10-24-29(32(37)43)38-42(30(24)28(23)34)21-7-11-27-25(15-21)31(36)39-44-27/h3-11,14-16H,12-13H2,1-2H3,(H2,36,39)(H2,37,43). The van der Waals surface area contributed by atoms with Crippen LogP contribution in [0.2, 0.25) is 0 Å². The van der Waals surface area contributed by atoms with Crippen molar-refractivity contribution in [3.63, 3.8) is 0 Å². The summed E-state index contributed by atoms with van der Waals surface area (Å²) in [5.41, 5.74) is 13.8. The molecule has 0 aliphatic carbocycles. The second-order valence-electron chi connectivity index (χ2n) is 10.5. The highest BCUT2D eigenvalue weighted by Gasteiger charge is 2.24. The van der Waals surface area contributed by atoms with E-state index in [1.807, 2.05) is 30.0 Å². The van der Waals surface area contributed by atoms with Crippen molar-refractivity contribution in [3.8, 4) is 22.9 Å². The SMILES string of the molecule is CN(C)CCN(c1cccc(C#N)c1)c1ccc(-c2ccc3c(C(N)=O)nn(-c4ccc5onc(N)c5c4)c3c2F)c(F)c1. The number of anilines is 3. The van der Waals surface area contributed by atoms with Crippen LogP contribution < -0.4 is 16.4 Å². The van der Waals surface area contributed by atoms with Gasteiger partial charge in [-0.2, -0.15) is 10.4 Å². The van der Waals surface area contributed by atoms with Gasteiger partial charge in [0.05, 0.1) is 22.7 Å². The predicted molar refractivity (Wildman–Crippen MR) is 164 cm³/mol. The Balaban J connectivity index is 1.47. The maximum absolute atomic E-state index is 16.4. The monoisotopic (exact) mass is 592 g/mol. The van der Waals surface area contributed by atoms with Crippen LogP contribution in [0.1, 0.15) is 16.1 Å². The maximum Gasteiger partial charge on any atom is 0.269 e. The molecular formula is C32H26F2N8O2. The van der Waals surface area contributed by atoms with E-state index in [0.29, 0.717) is 41.0 Å².